The number of carbonyl (C=O) groups excluding carboxylic acids is 2. The summed E-state index contributed by atoms with van der Waals surface area (Å²) in [5.41, 5.74) is 1.99. The lowest BCUT2D eigenvalue weighted by Crippen LogP contribution is -2.37. The minimum absolute atomic E-state index is 0.138. The molecule has 0 unspecified atom stereocenters. The molecule has 6 nitrogen and oxygen atoms in total. The Kier molecular flexibility index (Phi) is 12.6. The highest BCUT2D eigenvalue weighted by atomic mass is 16.5. The van der Waals surface area contributed by atoms with Crippen molar-refractivity contribution in [3.63, 3.8) is 0 Å². The lowest BCUT2D eigenvalue weighted by atomic mass is 9.66. The van der Waals surface area contributed by atoms with Crippen molar-refractivity contribution in [2.24, 2.45) is 0 Å². The van der Waals surface area contributed by atoms with Crippen LogP contribution in [0.25, 0.3) is 0 Å². The smallest absolute Gasteiger partial charge is 0.186 e. The van der Waals surface area contributed by atoms with Crippen LogP contribution in [-0.2, 0) is 30.9 Å². The maximum absolute atomic E-state index is 12.1. The van der Waals surface area contributed by atoms with E-state index in [1.54, 1.807) is 27.7 Å². The van der Waals surface area contributed by atoms with E-state index >= 15 is 0 Å². The molecule has 0 atom stereocenters. The molecule has 0 radical (unpaired) electrons. The Bertz CT molecular complexity index is 1560. The van der Waals surface area contributed by atoms with Crippen molar-refractivity contribution >= 4 is 11.6 Å². The molecule has 0 saturated heterocycles. The SMILES string of the molecule is C=CC(=O)C(C)(C)OCCC(C)(C)Oc1ccc(C2(c3ccc(OC(C)(C)CCOC(C)(C)C(=O)C=C)cc3)CCCCc3ccccc32)cc1. The molecule has 6 heteroatoms. The van der Waals surface area contributed by atoms with E-state index in [4.69, 9.17) is 18.9 Å². The van der Waals surface area contributed by atoms with Crippen LogP contribution in [0, 0.1) is 0 Å². The van der Waals surface area contributed by atoms with Gasteiger partial charge in [0.2, 0.25) is 0 Å². The first-order valence-corrected chi connectivity index (χ1v) is 18.2. The lowest BCUT2D eigenvalue weighted by Gasteiger charge is -2.37. The van der Waals surface area contributed by atoms with Crippen LogP contribution in [0.4, 0.5) is 0 Å². The Morgan fingerprint density at radius 3 is 1.51 bits per heavy atom. The van der Waals surface area contributed by atoms with Gasteiger partial charge in [-0.05, 0) is 133 Å². The molecule has 0 aromatic heterocycles. The van der Waals surface area contributed by atoms with Gasteiger partial charge in [0.05, 0.1) is 13.2 Å². The number of aryl methyl sites for hydroxylation is 1. The van der Waals surface area contributed by atoms with Crippen molar-refractivity contribution in [1.29, 1.82) is 0 Å². The fourth-order valence-corrected chi connectivity index (χ4v) is 6.85. The number of carbonyl (C=O) groups is 2. The molecular weight excluding hydrogens is 636 g/mol. The molecule has 0 N–H and O–H groups in total. The Morgan fingerprint density at radius 2 is 1.08 bits per heavy atom. The molecule has 3 aromatic carbocycles. The molecule has 3 aromatic rings. The molecule has 0 bridgehead atoms. The summed E-state index contributed by atoms with van der Waals surface area (Å²) in [6.45, 7) is 23.2. The first-order chi connectivity index (χ1) is 23.9. The van der Waals surface area contributed by atoms with E-state index < -0.39 is 22.4 Å². The van der Waals surface area contributed by atoms with Gasteiger partial charge in [0.1, 0.15) is 33.9 Å². The third kappa shape index (κ3) is 9.87. The van der Waals surface area contributed by atoms with Crippen LogP contribution in [0.15, 0.2) is 98.1 Å². The van der Waals surface area contributed by atoms with E-state index in [2.05, 4.69) is 86.0 Å². The van der Waals surface area contributed by atoms with Gasteiger partial charge in [-0.3, -0.25) is 9.59 Å². The van der Waals surface area contributed by atoms with Gasteiger partial charge in [-0.2, -0.15) is 0 Å². The summed E-state index contributed by atoms with van der Waals surface area (Å²) in [4.78, 5) is 24.3. The van der Waals surface area contributed by atoms with Crippen molar-refractivity contribution in [3.05, 3.63) is 120 Å². The number of hydrogen-bond donors (Lipinski definition) is 0. The number of ketones is 2. The number of fused-ring (bicyclic) bond motifs is 1. The van der Waals surface area contributed by atoms with Crippen molar-refractivity contribution in [1.82, 2.24) is 0 Å². The second kappa shape index (κ2) is 16.1. The summed E-state index contributed by atoms with van der Waals surface area (Å²) in [7, 11) is 0. The van der Waals surface area contributed by atoms with E-state index in [1.807, 2.05) is 27.7 Å². The van der Waals surface area contributed by atoms with Gasteiger partial charge in [0.25, 0.3) is 0 Å². The highest BCUT2D eigenvalue weighted by molar-refractivity contribution is 5.96. The first kappa shape index (κ1) is 39.8. The summed E-state index contributed by atoms with van der Waals surface area (Å²) in [5, 5.41) is 0. The van der Waals surface area contributed by atoms with Crippen molar-refractivity contribution in [2.45, 2.75) is 122 Å². The van der Waals surface area contributed by atoms with Crippen molar-refractivity contribution < 1.29 is 28.5 Å². The number of ether oxygens (including phenoxy) is 4. The molecule has 0 spiro atoms. The molecule has 0 amide bonds. The second-order valence-electron chi connectivity index (χ2n) is 15.9. The minimum atomic E-state index is -0.913. The number of rotatable bonds is 18. The average Bonchev–Trinajstić information content (AvgIpc) is 3.28. The molecule has 51 heavy (non-hydrogen) atoms. The maximum Gasteiger partial charge on any atom is 0.186 e. The second-order valence-corrected chi connectivity index (χ2v) is 15.9. The van der Waals surface area contributed by atoms with Gasteiger partial charge in [0.15, 0.2) is 11.6 Å². The monoisotopic (exact) mass is 694 g/mol. The summed E-state index contributed by atoms with van der Waals surface area (Å²) >= 11 is 0. The fourth-order valence-electron chi connectivity index (χ4n) is 6.85. The van der Waals surface area contributed by atoms with Crippen LogP contribution in [0.3, 0.4) is 0 Å². The van der Waals surface area contributed by atoms with Gasteiger partial charge in [-0.25, -0.2) is 0 Å². The normalized spacial score (nSPS) is 14.9. The summed E-state index contributed by atoms with van der Waals surface area (Å²) in [5.74, 6) is 1.30. The largest absolute Gasteiger partial charge is 0.488 e. The molecule has 1 aliphatic rings. The molecule has 0 heterocycles. The maximum atomic E-state index is 12.1. The molecule has 0 aliphatic heterocycles. The molecule has 4 rings (SSSR count). The number of hydrogen-bond acceptors (Lipinski definition) is 6. The zero-order valence-electron chi connectivity index (χ0n) is 32.1. The minimum Gasteiger partial charge on any atom is -0.488 e. The fraction of sp³-hybridized carbons (Fsp3) is 0.467. The summed E-state index contributed by atoms with van der Waals surface area (Å²) in [6, 6.07) is 26.0. The topological polar surface area (TPSA) is 71.1 Å². The molecule has 0 saturated carbocycles. The zero-order chi connectivity index (χ0) is 37.5. The van der Waals surface area contributed by atoms with Crippen LogP contribution < -0.4 is 9.47 Å². The predicted octanol–water partition coefficient (Wildman–Crippen LogP) is 9.94. The molecule has 0 fully saturated rings. The number of benzene rings is 3. The molecule has 1 aliphatic carbocycles. The Balaban J connectivity index is 1.56. The van der Waals surface area contributed by atoms with Gasteiger partial charge in [0, 0.05) is 18.3 Å². The van der Waals surface area contributed by atoms with E-state index in [9.17, 15) is 9.59 Å². The predicted molar refractivity (Wildman–Crippen MR) is 206 cm³/mol. The molecule has 274 valence electrons. The third-order valence-electron chi connectivity index (χ3n) is 10.1. The highest BCUT2D eigenvalue weighted by Crippen LogP contribution is 2.47. The Morgan fingerprint density at radius 1 is 0.647 bits per heavy atom. The van der Waals surface area contributed by atoms with Crippen LogP contribution in [0.1, 0.15) is 110 Å². The van der Waals surface area contributed by atoms with Crippen LogP contribution in [-0.4, -0.2) is 47.2 Å². The van der Waals surface area contributed by atoms with E-state index in [-0.39, 0.29) is 17.0 Å². The Labute approximate surface area is 306 Å². The first-order valence-electron chi connectivity index (χ1n) is 18.2. The van der Waals surface area contributed by atoms with Gasteiger partial charge in [-0.15, -0.1) is 0 Å². The third-order valence-corrected chi connectivity index (χ3v) is 10.1. The van der Waals surface area contributed by atoms with Crippen LogP contribution in [0.2, 0.25) is 0 Å². The van der Waals surface area contributed by atoms with E-state index in [1.165, 1.54) is 34.4 Å². The van der Waals surface area contributed by atoms with Crippen molar-refractivity contribution in [2.75, 3.05) is 13.2 Å². The van der Waals surface area contributed by atoms with Crippen LogP contribution in [0.5, 0.6) is 11.5 Å². The highest BCUT2D eigenvalue weighted by Gasteiger charge is 2.39. The zero-order valence-corrected chi connectivity index (χ0v) is 32.1. The Hall–Kier alpha value is -4.00. The van der Waals surface area contributed by atoms with Gasteiger partial charge in [-0.1, -0.05) is 68.1 Å². The van der Waals surface area contributed by atoms with E-state index in [0.29, 0.717) is 26.1 Å². The van der Waals surface area contributed by atoms with Gasteiger partial charge >= 0.3 is 0 Å². The molecular formula is C45H58O6. The standard InChI is InChI=1S/C45H58O6/c1-11-39(46)43(7,8)48-31-29-41(3,4)50-36-24-20-34(21-25-36)45(28-16-15-18-33-17-13-14-19-38(33)45)35-22-26-37(27-23-35)51-42(5,6)30-32-49-44(9,10)40(47)12-2/h11-14,17,19-27H,1-2,15-16,18,28-32H2,3-10H3. The lowest BCUT2D eigenvalue weighted by molar-refractivity contribution is -0.136. The van der Waals surface area contributed by atoms with Crippen molar-refractivity contribution in [3.8, 4) is 11.5 Å². The quantitative estimate of drug-likeness (QED) is 0.0975. The summed E-state index contributed by atoms with van der Waals surface area (Å²) < 4.78 is 24.8. The summed E-state index contributed by atoms with van der Waals surface area (Å²) in [6.07, 6.45) is 8.12. The van der Waals surface area contributed by atoms with Gasteiger partial charge < -0.3 is 18.9 Å². The average molecular weight is 695 g/mol. The van der Waals surface area contributed by atoms with E-state index in [0.717, 1.165) is 37.2 Å². The van der Waals surface area contributed by atoms with Crippen LogP contribution >= 0.6 is 0 Å².